The van der Waals surface area contributed by atoms with Crippen LogP contribution in [0.4, 0.5) is 0 Å². The summed E-state index contributed by atoms with van der Waals surface area (Å²) in [6, 6.07) is 14.4. The molecule has 0 unspecified atom stereocenters. The molecular weight excluding hydrogens is 408 g/mol. The van der Waals surface area contributed by atoms with Crippen LogP contribution >= 0.6 is 11.6 Å². The summed E-state index contributed by atoms with van der Waals surface area (Å²) in [7, 11) is 0. The molecule has 1 saturated heterocycles. The first-order valence-electron chi connectivity index (χ1n) is 11.1. The third kappa shape index (κ3) is 4.65. The number of benzene rings is 2. The maximum Gasteiger partial charge on any atom is 0.287 e. The normalized spacial score (nSPS) is 16.0. The third-order valence-corrected chi connectivity index (χ3v) is 6.54. The number of carbonyl (C=O) groups excluding carboxylic acids is 1. The molecule has 1 fully saturated rings. The van der Waals surface area contributed by atoms with E-state index in [2.05, 4.69) is 55.3 Å². The van der Waals surface area contributed by atoms with Crippen LogP contribution in [0.25, 0.3) is 11.0 Å². The van der Waals surface area contributed by atoms with E-state index in [0.29, 0.717) is 22.9 Å². The molecule has 0 saturated carbocycles. The Morgan fingerprint density at radius 3 is 2.45 bits per heavy atom. The fourth-order valence-electron chi connectivity index (χ4n) is 4.40. The topological polar surface area (TPSA) is 45.5 Å². The summed E-state index contributed by atoms with van der Waals surface area (Å²) >= 11 is 6.11. The van der Waals surface area contributed by atoms with Crippen LogP contribution in [-0.2, 0) is 5.41 Å². The summed E-state index contributed by atoms with van der Waals surface area (Å²) in [5.74, 6) is 0.181. The van der Waals surface area contributed by atoms with Gasteiger partial charge in [0.2, 0.25) is 0 Å². The number of rotatable bonds is 5. The number of halogens is 1. The molecule has 1 amide bonds. The summed E-state index contributed by atoms with van der Waals surface area (Å²) in [6.07, 6.45) is 2.40. The van der Waals surface area contributed by atoms with Crippen molar-refractivity contribution in [1.29, 1.82) is 0 Å². The van der Waals surface area contributed by atoms with Gasteiger partial charge in [-0.1, -0.05) is 56.6 Å². The molecule has 1 aliphatic heterocycles. The van der Waals surface area contributed by atoms with Crippen LogP contribution in [0.15, 0.2) is 46.9 Å². The highest BCUT2D eigenvalue weighted by Gasteiger charge is 2.26. The van der Waals surface area contributed by atoms with Gasteiger partial charge in [0.15, 0.2) is 5.76 Å². The van der Waals surface area contributed by atoms with Crippen molar-refractivity contribution in [2.75, 3.05) is 19.6 Å². The number of likely N-dealkylation sites (tertiary alicyclic amines) is 1. The van der Waals surface area contributed by atoms with E-state index in [1.807, 2.05) is 19.1 Å². The van der Waals surface area contributed by atoms with Crippen LogP contribution in [-0.4, -0.2) is 30.4 Å². The molecule has 4 nitrogen and oxygen atoms in total. The third-order valence-electron chi connectivity index (χ3n) is 6.30. The predicted octanol–water partition coefficient (Wildman–Crippen LogP) is 6.26. The molecule has 0 bridgehead atoms. The van der Waals surface area contributed by atoms with E-state index in [-0.39, 0.29) is 17.4 Å². The predicted molar refractivity (Wildman–Crippen MR) is 127 cm³/mol. The van der Waals surface area contributed by atoms with E-state index in [4.69, 9.17) is 16.0 Å². The number of hydrogen-bond acceptors (Lipinski definition) is 3. The highest BCUT2D eigenvalue weighted by atomic mass is 35.5. The molecule has 1 atom stereocenters. The first-order chi connectivity index (χ1) is 14.7. The van der Waals surface area contributed by atoms with Crippen LogP contribution in [0, 0.1) is 6.92 Å². The number of hydrogen-bond donors (Lipinski definition) is 1. The number of nitrogens with zero attached hydrogens (tertiary/aromatic N) is 1. The largest absolute Gasteiger partial charge is 0.451 e. The highest BCUT2D eigenvalue weighted by Crippen LogP contribution is 2.30. The monoisotopic (exact) mass is 438 g/mol. The van der Waals surface area contributed by atoms with Crippen molar-refractivity contribution in [2.45, 2.75) is 52.0 Å². The number of amides is 1. The zero-order valence-electron chi connectivity index (χ0n) is 18.8. The summed E-state index contributed by atoms with van der Waals surface area (Å²) in [5, 5.41) is 4.64. The molecule has 5 heteroatoms. The second-order valence-electron chi connectivity index (χ2n) is 9.54. The average molecular weight is 439 g/mol. The molecule has 2 aromatic carbocycles. The second kappa shape index (κ2) is 8.68. The zero-order valence-corrected chi connectivity index (χ0v) is 19.6. The molecular formula is C26H31ClN2O2. The molecule has 1 aliphatic rings. The lowest BCUT2D eigenvalue weighted by molar-refractivity contribution is 0.0911. The number of fused-ring (bicyclic) bond motifs is 1. The van der Waals surface area contributed by atoms with Crippen LogP contribution in [0.5, 0.6) is 0 Å². The fourth-order valence-corrected chi connectivity index (χ4v) is 4.57. The minimum Gasteiger partial charge on any atom is -0.451 e. The molecule has 3 aromatic rings. The van der Waals surface area contributed by atoms with Gasteiger partial charge in [-0.25, -0.2) is 0 Å². The Hall–Kier alpha value is -2.30. The first kappa shape index (κ1) is 21.9. The molecule has 1 aromatic heterocycles. The molecule has 0 aliphatic carbocycles. The Balaban J connectivity index is 1.54. The maximum absolute atomic E-state index is 13.0. The summed E-state index contributed by atoms with van der Waals surface area (Å²) in [5.41, 5.74) is 4.18. The van der Waals surface area contributed by atoms with E-state index < -0.39 is 0 Å². The van der Waals surface area contributed by atoms with Gasteiger partial charge in [0.25, 0.3) is 5.91 Å². The van der Waals surface area contributed by atoms with Crippen molar-refractivity contribution in [1.82, 2.24) is 10.2 Å². The van der Waals surface area contributed by atoms with Crippen LogP contribution in [0.3, 0.4) is 0 Å². The molecule has 164 valence electrons. The Kier molecular flexibility index (Phi) is 6.14. The van der Waals surface area contributed by atoms with Gasteiger partial charge in [-0.05, 0) is 67.6 Å². The molecule has 0 spiro atoms. The number of carbonyl (C=O) groups is 1. The van der Waals surface area contributed by atoms with E-state index in [0.717, 1.165) is 24.0 Å². The van der Waals surface area contributed by atoms with Crippen molar-refractivity contribution in [3.8, 4) is 0 Å². The van der Waals surface area contributed by atoms with Crippen LogP contribution < -0.4 is 5.32 Å². The first-order valence-corrected chi connectivity index (χ1v) is 11.4. The van der Waals surface area contributed by atoms with Crippen molar-refractivity contribution in [2.24, 2.45) is 0 Å². The van der Waals surface area contributed by atoms with Gasteiger partial charge < -0.3 is 9.73 Å². The lowest BCUT2D eigenvalue weighted by atomic mass is 9.86. The van der Waals surface area contributed by atoms with E-state index >= 15 is 0 Å². The minimum absolute atomic E-state index is 0.123. The Bertz CT molecular complexity index is 1070. The van der Waals surface area contributed by atoms with Gasteiger partial charge in [0.05, 0.1) is 6.04 Å². The minimum atomic E-state index is -0.180. The lowest BCUT2D eigenvalue weighted by Crippen LogP contribution is -2.37. The lowest BCUT2D eigenvalue weighted by Gasteiger charge is -2.29. The van der Waals surface area contributed by atoms with Gasteiger partial charge in [0, 0.05) is 22.5 Å². The molecule has 4 rings (SSSR count). The van der Waals surface area contributed by atoms with Gasteiger partial charge in [-0.3, -0.25) is 9.69 Å². The van der Waals surface area contributed by atoms with Gasteiger partial charge in [0.1, 0.15) is 5.58 Å². The SMILES string of the molecule is Cc1c(C(=O)NC[C@@H](c2ccc(C(C)(C)C)cc2)N2CCCC2)oc2ccc(Cl)cc12. The number of furan rings is 1. The van der Waals surface area contributed by atoms with E-state index in [9.17, 15) is 4.79 Å². The summed E-state index contributed by atoms with van der Waals surface area (Å²) in [6.45, 7) is 11.2. The molecule has 0 radical (unpaired) electrons. The molecule has 31 heavy (non-hydrogen) atoms. The smallest absolute Gasteiger partial charge is 0.287 e. The second-order valence-corrected chi connectivity index (χ2v) is 9.97. The number of nitrogens with one attached hydrogen (secondary N) is 1. The quantitative estimate of drug-likeness (QED) is 0.511. The molecule has 1 N–H and O–H groups in total. The standard InChI is InChI=1S/C26H31ClN2O2/c1-17-21-15-20(27)11-12-23(21)31-24(17)25(30)28-16-22(29-13-5-6-14-29)18-7-9-19(10-8-18)26(2,3)4/h7-12,15,22H,5-6,13-14,16H2,1-4H3,(H,28,30)/t22-/m0/s1. The average Bonchev–Trinajstić information content (AvgIpc) is 3.37. The van der Waals surface area contributed by atoms with Crippen molar-refractivity contribution >= 4 is 28.5 Å². The van der Waals surface area contributed by atoms with Crippen molar-refractivity contribution in [3.63, 3.8) is 0 Å². The summed E-state index contributed by atoms with van der Waals surface area (Å²) < 4.78 is 5.85. The van der Waals surface area contributed by atoms with Crippen molar-refractivity contribution < 1.29 is 9.21 Å². The van der Waals surface area contributed by atoms with Crippen LogP contribution in [0.1, 0.15) is 66.9 Å². The highest BCUT2D eigenvalue weighted by molar-refractivity contribution is 6.31. The van der Waals surface area contributed by atoms with E-state index in [1.54, 1.807) is 6.07 Å². The zero-order chi connectivity index (χ0) is 22.2. The van der Waals surface area contributed by atoms with Crippen molar-refractivity contribution in [3.05, 3.63) is 69.9 Å². The van der Waals surface area contributed by atoms with Gasteiger partial charge in [-0.2, -0.15) is 0 Å². The maximum atomic E-state index is 13.0. The fraction of sp³-hybridized carbons (Fsp3) is 0.423. The van der Waals surface area contributed by atoms with E-state index in [1.165, 1.54) is 24.0 Å². The Morgan fingerprint density at radius 1 is 1.13 bits per heavy atom. The Morgan fingerprint density at radius 2 is 1.81 bits per heavy atom. The van der Waals surface area contributed by atoms with Gasteiger partial charge in [-0.15, -0.1) is 0 Å². The van der Waals surface area contributed by atoms with Crippen LogP contribution in [0.2, 0.25) is 5.02 Å². The Labute approximate surface area is 189 Å². The summed E-state index contributed by atoms with van der Waals surface area (Å²) in [4.78, 5) is 15.5. The molecule has 2 heterocycles. The van der Waals surface area contributed by atoms with Gasteiger partial charge >= 0.3 is 0 Å². The number of aryl methyl sites for hydroxylation is 1.